The molecule has 1 N–H and O–H groups in total. The molecule has 2 aromatic heterocycles. The van der Waals surface area contributed by atoms with Crippen LogP contribution in [0, 0.1) is 11.3 Å². The van der Waals surface area contributed by atoms with Gasteiger partial charge >= 0.3 is 0 Å². The molecule has 352 valence electrons. The summed E-state index contributed by atoms with van der Waals surface area (Å²) in [6, 6.07) is 36.7. The Bertz CT molecular complexity index is 2470. The lowest BCUT2D eigenvalue weighted by molar-refractivity contribution is -0.128. The first-order chi connectivity index (χ1) is 32.6. The second-order valence-electron chi connectivity index (χ2n) is 16.2. The summed E-state index contributed by atoms with van der Waals surface area (Å²) >= 11 is 0. The normalized spacial score (nSPS) is 17.8. The molecule has 0 saturated carbocycles. The Morgan fingerprint density at radius 3 is 1.99 bits per heavy atom. The molecule has 1 aliphatic heterocycles. The van der Waals surface area contributed by atoms with Crippen LogP contribution in [0.5, 0.6) is 11.5 Å². The predicted molar refractivity (Wildman–Crippen MR) is 254 cm³/mol. The number of benzene rings is 4. The minimum atomic E-state index is -1.70. The van der Waals surface area contributed by atoms with E-state index in [2.05, 4.69) is 53.7 Å². The molecular formula is C50H58N7O9P. The van der Waals surface area contributed by atoms with Gasteiger partial charge in [-0.25, -0.2) is 19.6 Å². The Morgan fingerprint density at radius 1 is 0.791 bits per heavy atom. The molecule has 7 rings (SSSR count). The zero-order chi connectivity index (χ0) is 47.3. The van der Waals surface area contributed by atoms with Gasteiger partial charge in [-0.3, -0.25) is 9.36 Å². The van der Waals surface area contributed by atoms with Gasteiger partial charge in [0.1, 0.15) is 41.7 Å². The number of anilines is 1. The summed E-state index contributed by atoms with van der Waals surface area (Å²) in [7, 11) is 3.18. The number of carbonyl (C=O) groups is 1. The summed E-state index contributed by atoms with van der Waals surface area (Å²) in [5.74, 6) is 1.23. The molecule has 1 aliphatic rings. The molecule has 16 nitrogen and oxygen atoms in total. The minimum Gasteiger partial charge on any atom is -0.497 e. The molecule has 67 heavy (non-hydrogen) atoms. The van der Waals surface area contributed by atoms with E-state index in [0.29, 0.717) is 28.2 Å². The molecule has 17 heteroatoms. The summed E-state index contributed by atoms with van der Waals surface area (Å²) in [5.41, 5.74) is 2.33. The molecule has 0 bridgehead atoms. The van der Waals surface area contributed by atoms with E-state index in [1.165, 1.54) is 6.33 Å². The monoisotopic (exact) mass is 931 g/mol. The number of ether oxygens (including phenoxy) is 6. The Morgan fingerprint density at radius 2 is 1.40 bits per heavy atom. The first kappa shape index (κ1) is 49.1. The lowest BCUT2D eigenvalue weighted by Crippen LogP contribution is -2.46. The third kappa shape index (κ3) is 11.1. The molecule has 4 aromatic carbocycles. The number of hydrogen-bond acceptors (Lipinski definition) is 14. The van der Waals surface area contributed by atoms with Gasteiger partial charge in [0.15, 0.2) is 23.2 Å². The van der Waals surface area contributed by atoms with Crippen molar-refractivity contribution in [2.75, 3.05) is 53.1 Å². The highest BCUT2D eigenvalue weighted by molar-refractivity contribution is 7.44. The Kier molecular flexibility index (Phi) is 17.0. The number of amides is 1. The smallest absolute Gasteiger partial charge is 0.259 e. The number of nitrogens with zero attached hydrogens (tertiary/aromatic N) is 6. The van der Waals surface area contributed by atoms with Crippen LogP contribution in [-0.4, -0.2) is 108 Å². The SMILES string of the molecule is COCCO[C@@H]1[C@H](OC(c2ccccc2)(c2ccc(OC)cc2)c2ccc(OC)cc2)[C@@H](COP(OCCC#N)N(C(C)C)C(C)C)O[C@H]1n1cnc2c(NC(=O)c3ccccc3)ncnc21. The molecule has 6 aromatic rings. The van der Waals surface area contributed by atoms with Gasteiger partial charge in [-0.2, -0.15) is 5.26 Å². The topological polar surface area (TPSA) is 174 Å². The Labute approximate surface area is 393 Å². The highest BCUT2D eigenvalue weighted by Crippen LogP contribution is 2.50. The van der Waals surface area contributed by atoms with Crippen LogP contribution in [0.2, 0.25) is 0 Å². The third-order valence-corrected chi connectivity index (χ3v) is 13.4. The maximum absolute atomic E-state index is 13.4. The van der Waals surface area contributed by atoms with E-state index in [-0.39, 0.29) is 56.7 Å². The number of aromatic nitrogens is 4. The van der Waals surface area contributed by atoms with Crippen molar-refractivity contribution in [1.29, 1.82) is 5.26 Å². The highest BCUT2D eigenvalue weighted by Gasteiger charge is 2.53. The van der Waals surface area contributed by atoms with Crippen LogP contribution in [0.4, 0.5) is 5.82 Å². The van der Waals surface area contributed by atoms with Crippen molar-refractivity contribution in [2.45, 2.75) is 76.3 Å². The van der Waals surface area contributed by atoms with Gasteiger partial charge in [0.25, 0.3) is 14.4 Å². The number of carbonyl (C=O) groups excluding carboxylic acids is 1. The molecule has 1 unspecified atom stereocenters. The average Bonchev–Trinajstić information content (AvgIpc) is 3.94. The first-order valence-electron chi connectivity index (χ1n) is 22.2. The van der Waals surface area contributed by atoms with E-state index in [9.17, 15) is 10.1 Å². The average molecular weight is 932 g/mol. The van der Waals surface area contributed by atoms with Crippen molar-refractivity contribution in [2.24, 2.45) is 0 Å². The van der Waals surface area contributed by atoms with Gasteiger partial charge in [-0.15, -0.1) is 0 Å². The van der Waals surface area contributed by atoms with Crippen molar-refractivity contribution in [3.05, 3.63) is 144 Å². The van der Waals surface area contributed by atoms with Crippen LogP contribution in [0.25, 0.3) is 11.2 Å². The van der Waals surface area contributed by atoms with Gasteiger partial charge in [0, 0.05) is 24.8 Å². The fraction of sp³-hybridized carbons (Fsp3) is 0.380. The van der Waals surface area contributed by atoms with Crippen LogP contribution < -0.4 is 14.8 Å². The van der Waals surface area contributed by atoms with Crippen LogP contribution in [0.1, 0.15) is 67.4 Å². The molecule has 3 heterocycles. The van der Waals surface area contributed by atoms with E-state index in [0.717, 1.165) is 16.7 Å². The minimum absolute atomic E-state index is 0.00437. The molecule has 0 spiro atoms. The Hall–Kier alpha value is -5.86. The van der Waals surface area contributed by atoms with Gasteiger partial charge in [-0.05, 0) is 80.8 Å². The van der Waals surface area contributed by atoms with Crippen LogP contribution in [0.15, 0.2) is 122 Å². The summed E-state index contributed by atoms with van der Waals surface area (Å²) in [6.07, 6.45) is -0.298. The van der Waals surface area contributed by atoms with Crippen molar-refractivity contribution < 1.29 is 42.3 Å². The lowest BCUT2D eigenvalue weighted by Gasteiger charge is -2.41. The Balaban J connectivity index is 1.39. The molecule has 0 radical (unpaired) electrons. The summed E-state index contributed by atoms with van der Waals surface area (Å²) < 4.78 is 55.8. The number of fused-ring (bicyclic) bond motifs is 1. The standard InChI is InChI=1S/C50H58N7O9P/c1-34(2)57(35(3)4)67(63-28-14-27-51)64-31-42-44(66-50(37-17-12-9-13-18-37,38-19-23-40(60-6)24-20-38)39-21-25-41(61-7)26-22-39)45(62-30-29-59-5)49(65-42)56-33-54-43-46(52-32-53-47(43)56)55-48(58)36-15-10-8-11-16-36/h8-13,15-26,32-35,42,44-45,49H,14,28-31H2,1-7H3,(H,52,53,55,58)/t42-,44-,45-,49-,67?/m1/s1. The molecule has 1 amide bonds. The molecule has 5 atom stereocenters. The van der Waals surface area contributed by atoms with E-state index < -0.39 is 38.7 Å². The van der Waals surface area contributed by atoms with Gasteiger partial charge in [0.05, 0.1) is 59.5 Å². The van der Waals surface area contributed by atoms with Gasteiger partial charge in [-0.1, -0.05) is 72.8 Å². The molecular weight excluding hydrogens is 874 g/mol. The zero-order valence-electron chi connectivity index (χ0n) is 38.9. The van der Waals surface area contributed by atoms with Crippen LogP contribution in [-0.2, 0) is 33.6 Å². The third-order valence-electron chi connectivity index (χ3n) is 11.3. The second kappa shape index (κ2) is 23.2. The summed E-state index contributed by atoms with van der Waals surface area (Å²) in [6.45, 7) is 8.97. The van der Waals surface area contributed by atoms with E-state index in [1.54, 1.807) is 56.5 Å². The number of methoxy groups -OCH3 is 3. The van der Waals surface area contributed by atoms with Crippen molar-refractivity contribution in [1.82, 2.24) is 24.2 Å². The maximum atomic E-state index is 13.4. The molecule has 0 aliphatic carbocycles. The van der Waals surface area contributed by atoms with Crippen LogP contribution in [0.3, 0.4) is 0 Å². The molecule has 1 fully saturated rings. The zero-order valence-corrected chi connectivity index (χ0v) is 39.7. The predicted octanol–water partition coefficient (Wildman–Crippen LogP) is 8.69. The number of imidazole rings is 1. The largest absolute Gasteiger partial charge is 0.497 e. The first-order valence-corrected chi connectivity index (χ1v) is 23.3. The van der Waals surface area contributed by atoms with Crippen molar-refractivity contribution in [3.63, 3.8) is 0 Å². The van der Waals surface area contributed by atoms with Crippen molar-refractivity contribution in [3.8, 4) is 17.6 Å². The summed E-state index contributed by atoms with van der Waals surface area (Å²) in [5, 5.41) is 12.4. The number of hydrogen-bond donors (Lipinski definition) is 1. The number of nitriles is 1. The maximum Gasteiger partial charge on any atom is 0.259 e. The van der Waals surface area contributed by atoms with Crippen molar-refractivity contribution >= 4 is 31.4 Å². The second-order valence-corrected chi connectivity index (χ2v) is 17.6. The lowest BCUT2D eigenvalue weighted by atomic mass is 9.79. The highest BCUT2D eigenvalue weighted by atomic mass is 31.2. The van der Waals surface area contributed by atoms with Gasteiger partial charge < -0.3 is 42.8 Å². The fourth-order valence-electron chi connectivity index (χ4n) is 8.24. The fourth-order valence-corrected chi connectivity index (χ4v) is 9.85. The van der Waals surface area contributed by atoms with E-state index >= 15 is 0 Å². The number of rotatable bonds is 23. The van der Waals surface area contributed by atoms with E-state index in [1.807, 2.05) is 84.9 Å². The number of nitrogens with one attached hydrogen (secondary N) is 1. The molecule has 1 saturated heterocycles. The van der Waals surface area contributed by atoms with Crippen LogP contribution >= 0.6 is 8.53 Å². The van der Waals surface area contributed by atoms with Gasteiger partial charge in [0.2, 0.25) is 0 Å². The van der Waals surface area contributed by atoms with E-state index in [4.69, 9.17) is 42.5 Å². The summed E-state index contributed by atoms with van der Waals surface area (Å²) in [4.78, 5) is 27.2. The quantitative estimate of drug-likeness (QED) is 0.0367.